The first-order valence-corrected chi connectivity index (χ1v) is 18.4. The van der Waals surface area contributed by atoms with Crippen molar-refractivity contribution in [1.29, 1.82) is 0 Å². The van der Waals surface area contributed by atoms with Crippen LogP contribution in [0.5, 0.6) is 0 Å². The molecule has 1 aromatic heterocycles. The van der Waals surface area contributed by atoms with Crippen molar-refractivity contribution in [3.05, 3.63) is 182 Å². The minimum atomic E-state index is 1.23. The molecule has 0 aliphatic rings. The lowest BCUT2D eigenvalue weighted by atomic mass is 9.84. The smallest absolute Gasteiger partial charge is 0.0440 e. The van der Waals surface area contributed by atoms with Crippen molar-refractivity contribution < 1.29 is 0 Å². The van der Waals surface area contributed by atoms with Crippen molar-refractivity contribution in [2.24, 2.45) is 0 Å². The van der Waals surface area contributed by atoms with Crippen LogP contribution in [0.15, 0.2) is 182 Å². The molecule has 1 heterocycles. The minimum absolute atomic E-state index is 1.23. The molecule has 0 saturated heterocycles. The van der Waals surface area contributed by atoms with Crippen molar-refractivity contribution in [3.63, 3.8) is 0 Å². The molecule has 1 heteroatoms. The summed E-state index contributed by atoms with van der Waals surface area (Å²) in [6, 6.07) is 67.4. The van der Waals surface area contributed by atoms with Crippen molar-refractivity contribution in [3.8, 4) is 33.4 Å². The lowest BCUT2D eigenvalue weighted by Crippen LogP contribution is -1.91. The Hall–Kier alpha value is -6.28. The topological polar surface area (TPSA) is 0 Å². The van der Waals surface area contributed by atoms with Crippen LogP contribution in [0.3, 0.4) is 0 Å². The number of hydrogen-bond donors (Lipinski definition) is 0. The fraction of sp³-hybridized carbons (Fsp3) is 0. The van der Waals surface area contributed by atoms with Gasteiger partial charge in [-0.25, -0.2) is 0 Å². The molecule has 11 aromatic rings. The first-order chi connectivity index (χ1) is 25.3. The summed E-state index contributed by atoms with van der Waals surface area (Å²) < 4.78 is 2.71. The van der Waals surface area contributed by atoms with Gasteiger partial charge in [-0.2, -0.15) is 0 Å². The van der Waals surface area contributed by atoms with Crippen molar-refractivity contribution in [1.82, 2.24) is 0 Å². The second-order valence-electron chi connectivity index (χ2n) is 13.6. The molecule has 0 aliphatic carbocycles. The molecule has 0 radical (unpaired) electrons. The van der Waals surface area contributed by atoms with E-state index in [1.54, 1.807) is 0 Å². The van der Waals surface area contributed by atoms with E-state index in [0.29, 0.717) is 0 Å². The third-order valence-corrected chi connectivity index (χ3v) is 12.0. The van der Waals surface area contributed by atoms with E-state index in [4.69, 9.17) is 0 Å². The first kappa shape index (κ1) is 28.5. The van der Waals surface area contributed by atoms with Gasteiger partial charge in [-0.05, 0) is 106 Å². The number of rotatable bonds is 3. The SMILES string of the molecule is c1cc(-c2ccc3ccccc3c2)cc(-c2c3ccccc3c(-c3ccc4c(c3)c3ccccc3c3c5ccccc5sc43)c3ccccc23)c1. The molecule has 10 aromatic carbocycles. The summed E-state index contributed by atoms with van der Waals surface area (Å²) in [5, 5.41) is 15.6. The Morgan fingerprint density at radius 1 is 0.275 bits per heavy atom. The highest BCUT2D eigenvalue weighted by Gasteiger charge is 2.19. The predicted molar refractivity (Wildman–Crippen MR) is 223 cm³/mol. The monoisotopic (exact) mass is 662 g/mol. The van der Waals surface area contributed by atoms with E-state index in [9.17, 15) is 0 Å². The Labute approximate surface area is 299 Å². The second kappa shape index (κ2) is 11.1. The average molecular weight is 663 g/mol. The van der Waals surface area contributed by atoms with Crippen LogP contribution in [0.25, 0.3) is 107 Å². The van der Waals surface area contributed by atoms with E-state index in [1.165, 1.54) is 107 Å². The maximum Gasteiger partial charge on any atom is 0.0440 e. The van der Waals surface area contributed by atoms with Gasteiger partial charge >= 0.3 is 0 Å². The molecule has 0 unspecified atom stereocenters. The molecule has 11 rings (SSSR count). The number of thiophene rings is 1. The standard InChI is InChI=1S/C50H30S/c1-2-13-32-28-34(25-24-31(32)12-1)33-14-11-15-35(29-33)47-39-18-5-7-20-41(39)48(42-21-8-6-19-40(42)47)36-26-27-43-45(30-36)37-16-3-4-17-38(37)49-44-22-9-10-23-46(44)51-50(43)49/h1-30H. The summed E-state index contributed by atoms with van der Waals surface area (Å²) in [5.41, 5.74) is 7.51. The van der Waals surface area contributed by atoms with Crippen LogP contribution < -0.4 is 0 Å². The Balaban J connectivity index is 1.17. The quantitative estimate of drug-likeness (QED) is 0.130. The molecule has 0 aliphatic heterocycles. The first-order valence-electron chi connectivity index (χ1n) is 17.6. The summed E-state index contributed by atoms with van der Waals surface area (Å²) in [4.78, 5) is 0. The summed E-state index contributed by atoms with van der Waals surface area (Å²) >= 11 is 1.91. The Morgan fingerprint density at radius 2 is 0.804 bits per heavy atom. The highest BCUT2D eigenvalue weighted by atomic mass is 32.1. The maximum atomic E-state index is 2.45. The fourth-order valence-corrected chi connectivity index (χ4v) is 9.79. The molecule has 0 N–H and O–H groups in total. The van der Waals surface area contributed by atoms with Crippen LogP contribution in [-0.4, -0.2) is 0 Å². The highest BCUT2D eigenvalue weighted by molar-refractivity contribution is 7.27. The third-order valence-electron chi connectivity index (χ3n) is 10.8. The Morgan fingerprint density at radius 3 is 1.53 bits per heavy atom. The molecule has 51 heavy (non-hydrogen) atoms. The fourth-order valence-electron chi connectivity index (χ4n) is 8.53. The number of hydrogen-bond acceptors (Lipinski definition) is 1. The van der Waals surface area contributed by atoms with Crippen molar-refractivity contribution in [2.75, 3.05) is 0 Å². The molecular weight excluding hydrogens is 633 g/mol. The van der Waals surface area contributed by atoms with E-state index < -0.39 is 0 Å². The highest BCUT2D eigenvalue weighted by Crippen LogP contribution is 2.48. The van der Waals surface area contributed by atoms with E-state index in [-0.39, 0.29) is 0 Å². The predicted octanol–water partition coefficient (Wildman–Crippen LogP) is 14.8. The van der Waals surface area contributed by atoms with Crippen LogP contribution in [0.2, 0.25) is 0 Å². The zero-order valence-corrected chi connectivity index (χ0v) is 28.5. The van der Waals surface area contributed by atoms with Gasteiger partial charge in [0.25, 0.3) is 0 Å². The maximum absolute atomic E-state index is 2.45. The lowest BCUT2D eigenvalue weighted by Gasteiger charge is -2.19. The minimum Gasteiger partial charge on any atom is -0.135 e. The van der Waals surface area contributed by atoms with Gasteiger partial charge in [0.15, 0.2) is 0 Å². The van der Waals surface area contributed by atoms with Crippen molar-refractivity contribution in [2.45, 2.75) is 0 Å². The summed E-state index contributed by atoms with van der Waals surface area (Å²) in [6.07, 6.45) is 0. The average Bonchev–Trinajstić information content (AvgIpc) is 3.60. The largest absolute Gasteiger partial charge is 0.135 e. The van der Waals surface area contributed by atoms with E-state index in [1.807, 2.05) is 11.3 Å². The van der Waals surface area contributed by atoms with E-state index in [2.05, 4.69) is 182 Å². The molecule has 0 saturated carbocycles. The zero-order chi connectivity index (χ0) is 33.5. The molecule has 0 bridgehead atoms. The van der Waals surface area contributed by atoms with Gasteiger partial charge in [-0.3, -0.25) is 0 Å². The summed E-state index contributed by atoms with van der Waals surface area (Å²) in [7, 11) is 0. The molecule has 0 atom stereocenters. The Kier molecular flexibility index (Phi) is 6.22. The van der Waals surface area contributed by atoms with Crippen LogP contribution in [0.4, 0.5) is 0 Å². The normalized spacial score (nSPS) is 11.9. The second-order valence-corrected chi connectivity index (χ2v) is 14.6. The molecule has 236 valence electrons. The van der Waals surface area contributed by atoms with Gasteiger partial charge < -0.3 is 0 Å². The van der Waals surface area contributed by atoms with Gasteiger partial charge in [-0.1, -0.05) is 158 Å². The number of benzene rings is 10. The molecule has 0 nitrogen and oxygen atoms in total. The molecule has 0 amide bonds. The molecule has 0 fully saturated rings. The van der Waals surface area contributed by atoms with Gasteiger partial charge in [0, 0.05) is 25.6 Å². The van der Waals surface area contributed by atoms with Crippen molar-refractivity contribution >= 4 is 85.4 Å². The van der Waals surface area contributed by atoms with Crippen LogP contribution >= 0.6 is 11.3 Å². The van der Waals surface area contributed by atoms with E-state index >= 15 is 0 Å². The van der Waals surface area contributed by atoms with Crippen LogP contribution in [0.1, 0.15) is 0 Å². The Bertz CT molecular complexity index is 3140. The van der Waals surface area contributed by atoms with Crippen LogP contribution in [-0.2, 0) is 0 Å². The van der Waals surface area contributed by atoms with Gasteiger partial charge in [0.05, 0.1) is 0 Å². The summed E-state index contributed by atoms with van der Waals surface area (Å²) in [5.74, 6) is 0. The van der Waals surface area contributed by atoms with Gasteiger partial charge in [0.1, 0.15) is 0 Å². The molecule has 0 spiro atoms. The van der Waals surface area contributed by atoms with Crippen LogP contribution in [0, 0.1) is 0 Å². The molecular formula is C50H30S. The van der Waals surface area contributed by atoms with Gasteiger partial charge in [-0.15, -0.1) is 11.3 Å². The number of fused-ring (bicyclic) bond motifs is 11. The van der Waals surface area contributed by atoms with E-state index in [0.717, 1.165) is 0 Å². The summed E-state index contributed by atoms with van der Waals surface area (Å²) in [6.45, 7) is 0. The van der Waals surface area contributed by atoms with Gasteiger partial charge in [0.2, 0.25) is 0 Å². The zero-order valence-electron chi connectivity index (χ0n) is 27.7. The lowest BCUT2D eigenvalue weighted by molar-refractivity contribution is 1.63. The third kappa shape index (κ3) is 4.32.